The second-order valence-electron chi connectivity index (χ2n) is 5.16. The van der Waals surface area contributed by atoms with Gasteiger partial charge in [0.2, 0.25) is 5.91 Å². The molecule has 6 heteroatoms. The maximum absolute atomic E-state index is 12.5. The molecule has 1 amide bonds. The zero-order valence-electron chi connectivity index (χ0n) is 13.1. The van der Waals surface area contributed by atoms with E-state index in [9.17, 15) is 14.4 Å². The summed E-state index contributed by atoms with van der Waals surface area (Å²) in [4.78, 5) is 38.1. The van der Waals surface area contributed by atoms with Gasteiger partial charge in [0.05, 0.1) is 18.8 Å². The predicted molar refractivity (Wildman–Crippen MR) is 79.8 cm³/mol. The van der Waals surface area contributed by atoms with Crippen LogP contribution in [0.15, 0.2) is 18.2 Å². The molecule has 6 nitrogen and oxygen atoms in total. The Morgan fingerprint density at radius 1 is 1.18 bits per heavy atom. The molecule has 1 atom stereocenters. The van der Waals surface area contributed by atoms with E-state index in [1.807, 2.05) is 0 Å². The molecule has 0 spiro atoms. The number of benzene rings is 1. The average molecular weight is 305 g/mol. The Morgan fingerprint density at radius 3 is 2.41 bits per heavy atom. The fourth-order valence-corrected chi connectivity index (χ4v) is 2.60. The van der Waals surface area contributed by atoms with Crippen molar-refractivity contribution in [1.82, 2.24) is 0 Å². The van der Waals surface area contributed by atoms with Crippen LogP contribution in [0.5, 0.6) is 0 Å². The molecule has 2 rings (SSSR count). The predicted octanol–water partition coefficient (Wildman–Crippen LogP) is 1.66. The second kappa shape index (κ2) is 5.79. The van der Waals surface area contributed by atoms with Crippen molar-refractivity contribution in [3.8, 4) is 0 Å². The van der Waals surface area contributed by atoms with Crippen molar-refractivity contribution in [3.05, 3.63) is 29.3 Å². The van der Waals surface area contributed by atoms with Crippen LogP contribution in [0, 0.1) is 0 Å². The number of fused-ring (bicyclic) bond motifs is 1. The van der Waals surface area contributed by atoms with E-state index in [2.05, 4.69) is 0 Å². The highest BCUT2D eigenvalue weighted by Gasteiger charge is 2.53. The Morgan fingerprint density at radius 2 is 1.82 bits per heavy atom. The highest BCUT2D eigenvalue weighted by atomic mass is 16.5. The molecule has 1 unspecified atom stereocenters. The number of hydrogen-bond acceptors (Lipinski definition) is 5. The Kier molecular flexibility index (Phi) is 4.21. The molecular formula is C16H19NO5. The van der Waals surface area contributed by atoms with Gasteiger partial charge < -0.3 is 14.4 Å². The van der Waals surface area contributed by atoms with E-state index in [4.69, 9.17) is 9.47 Å². The van der Waals surface area contributed by atoms with Gasteiger partial charge in [0.25, 0.3) is 0 Å². The van der Waals surface area contributed by atoms with Crippen molar-refractivity contribution >= 4 is 23.5 Å². The molecule has 0 saturated carbocycles. The van der Waals surface area contributed by atoms with E-state index < -0.39 is 17.4 Å². The molecule has 0 fully saturated rings. The molecule has 1 aliphatic heterocycles. The van der Waals surface area contributed by atoms with Crippen molar-refractivity contribution in [1.29, 1.82) is 0 Å². The van der Waals surface area contributed by atoms with Gasteiger partial charge in [0.15, 0.2) is 5.41 Å². The maximum Gasteiger partial charge on any atom is 0.338 e. The van der Waals surface area contributed by atoms with E-state index in [1.54, 1.807) is 33.0 Å². The number of nitrogens with zero attached hydrogens (tertiary/aromatic N) is 1. The first kappa shape index (κ1) is 16.0. The number of amides is 1. The van der Waals surface area contributed by atoms with Crippen LogP contribution >= 0.6 is 0 Å². The molecule has 0 N–H and O–H groups in total. The van der Waals surface area contributed by atoms with Crippen molar-refractivity contribution in [2.75, 3.05) is 25.2 Å². The lowest BCUT2D eigenvalue weighted by molar-refractivity contribution is -0.152. The number of ether oxygens (including phenoxy) is 2. The molecule has 0 bridgehead atoms. The zero-order chi connectivity index (χ0) is 16.5. The van der Waals surface area contributed by atoms with Gasteiger partial charge in [-0.1, -0.05) is 0 Å². The van der Waals surface area contributed by atoms with Crippen LogP contribution in [0.1, 0.15) is 36.7 Å². The minimum atomic E-state index is -1.44. The van der Waals surface area contributed by atoms with Crippen molar-refractivity contribution < 1.29 is 23.9 Å². The lowest BCUT2D eigenvalue weighted by atomic mass is 9.83. The summed E-state index contributed by atoms with van der Waals surface area (Å²) in [5, 5.41) is 0. The Labute approximate surface area is 129 Å². The van der Waals surface area contributed by atoms with Gasteiger partial charge in [-0.2, -0.15) is 0 Å². The SMILES string of the molecule is CCOC(=O)c1ccc2c(c1)C(C)(C(=O)OCC)C(=O)N2C. The van der Waals surface area contributed by atoms with E-state index in [0.29, 0.717) is 16.8 Å². The van der Waals surface area contributed by atoms with Gasteiger partial charge in [0, 0.05) is 18.3 Å². The number of carbonyl (C=O) groups is 3. The summed E-state index contributed by atoms with van der Waals surface area (Å²) in [7, 11) is 1.59. The van der Waals surface area contributed by atoms with Crippen molar-refractivity contribution in [2.45, 2.75) is 26.2 Å². The van der Waals surface area contributed by atoms with Gasteiger partial charge in [-0.15, -0.1) is 0 Å². The summed E-state index contributed by atoms with van der Waals surface area (Å²) >= 11 is 0. The summed E-state index contributed by atoms with van der Waals surface area (Å²) < 4.78 is 10.0. The number of carbonyl (C=O) groups excluding carboxylic acids is 3. The molecular weight excluding hydrogens is 286 g/mol. The van der Waals surface area contributed by atoms with E-state index in [0.717, 1.165) is 0 Å². The first-order chi connectivity index (χ1) is 10.4. The molecule has 1 aromatic rings. The van der Waals surface area contributed by atoms with Crippen molar-refractivity contribution in [3.63, 3.8) is 0 Å². The monoisotopic (exact) mass is 305 g/mol. The molecule has 1 heterocycles. The molecule has 22 heavy (non-hydrogen) atoms. The number of esters is 2. The summed E-state index contributed by atoms with van der Waals surface area (Å²) in [5.74, 6) is -1.48. The number of likely N-dealkylation sites (N-methyl/N-ethyl adjacent to an activating group) is 1. The smallest absolute Gasteiger partial charge is 0.338 e. The van der Waals surface area contributed by atoms with Crippen LogP contribution < -0.4 is 4.90 Å². The zero-order valence-corrected chi connectivity index (χ0v) is 13.1. The lowest BCUT2D eigenvalue weighted by Crippen LogP contribution is -2.43. The summed E-state index contributed by atoms with van der Waals surface area (Å²) in [5.41, 5.74) is -0.0837. The van der Waals surface area contributed by atoms with Gasteiger partial charge in [-0.05, 0) is 39.0 Å². The van der Waals surface area contributed by atoms with Gasteiger partial charge in [-0.3, -0.25) is 9.59 Å². The van der Waals surface area contributed by atoms with E-state index >= 15 is 0 Å². The minimum absolute atomic E-state index is 0.179. The van der Waals surface area contributed by atoms with Crippen LogP contribution in [-0.2, 0) is 24.5 Å². The van der Waals surface area contributed by atoms with Gasteiger partial charge >= 0.3 is 11.9 Å². The fourth-order valence-electron chi connectivity index (χ4n) is 2.60. The van der Waals surface area contributed by atoms with Crippen LogP contribution in [-0.4, -0.2) is 38.1 Å². The van der Waals surface area contributed by atoms with Crippen molar-refractivity contribution in [2.24, 2.45) is 0 Å². The largest absolute Gasteiger partial charge is 0.465 e. The number of hydrogen-bond donors (Lipinski definition) is 0. The van der Waals surface area contributed by atoms with Crippen LogP contribution in [0.25, 0.3) is 0 Å². The molecule has 1 aromatic carbocycles. The third-order valence-corrected chi connectivity index (χ3v) is 3.82. The normalized spacial score (nSPS) is 19.8. The molecule has 0 saturated heterocycles. The van der Waals surface area contributed by atoms with Crippen LogP contribution in [0.2, 0.25) is 0 Å². The maximum atomic E-state index is 12.5. The number of anilines is 1. The first-order valence-corrected chi connectivity index (χ1v) is 7.14. The van der Waals surface area contributed by atoms with Crippen LogP contribution in [0.3, 0.4) is 0 Å². The van der Waals surface area contributed by atoms with E-state index in [-0.39, 0.29) is 19.1 Å². The highest BCUT2D eigenvalue weighted by Crippen LogP contribution is 2.42. The third kappa shape index (κ3) is 2.24. The average Bonchev–Trinajstić information content (AvgIpc) is 2.70. The fraction of sp³-hybridized carbons (Fsp3) is 0.438. The molecule has 1 aliphatic rings. The Hall–Kier alpha value is -2.37. The summed E-state index contributed by atoms with van der Waals surface area (Å²) in [6, 6.07) is 4.76. The Bertz CT molecular complexity index is 639. The van der Waals surface area contributed by atoms with E-state index in [1.165, 1.54) is 17.9 Å². The number of rotatable bonds is 4. The minimum Gasteiger partial charge on any atom is -0.465 e. The molecule has 0 aliphatic carbocycles. The molecule has 0 aromatic heterocycles. The molecule has 118 valence electrons. The third-order valence-electron chi connectivity index (χ3n) is 3.82. The molecule has 0 radical (unpaired) electrons. The Balaban J connectivity index is 2.54. The summed E-state index contributed by atoms with van der Waals surface area (Å²) in [6.07, 6.45) is 0. The highest BCUT2D eigenvalue weighted by molar-refractivity contribution is 6.20. The first-order valence-electron chi connectivity index (χ1n) is 7.14. The quantitative estimate of drug-likeness (QED) is 0.625. The standard InChI is InChI=1S/C16H19NO5/c1-5-21-13(18)10-7-8-12-11(9-10)16(3,14(19)17(12)4)15(20)22-6-2/h7-9H,5-6H2,1-4H3. The summed E-state index contributed by atoms with van der Waals surface area (Å²) in [6.45, 7) is 5.35. The van der Waals surface area contributed by atoms with Crippen LogP contribution in [0.4, 0.5) is 5.69 Å². The lowest BCUT2D eigenvalue weighted by Gasteiger charge is -2.21. The van der Waals surface area contributed by atoms with Gasteiger partial charge in [0.1, 0.15) is 0 Å². The van der Waals surface area contributed by atoms with Gasteiger partial charge in [-0.25, -0.2) is 4.79 Å². The topological polar surface area (TPSA) is 72.9 Å². The second-order valence-corrected chi connectivity index (χ2v) is 5.16.